The zero-order valence-electron chi connectivity index (χ0n) is 22.8. The number of aliphatic hydroxyl groups excluding tert-OH is 1. The smallest absolute Gasteiger partial charge is 0.321 e. The Bertz CT molecular complexity index is 1680. The Kier molecular flexibility index (Phi) is 6.23. The van der Waals surface area contributed by atoms with Gasteiger partial charge in [0, 0.05) is 49.2 Å². The number of urea groups is 1. The molecule has 0 bridgehead atoms. The van der Waals surface area contributed by atoms with Gasteiger partial charge in [0.05, 0.1) is 23.5 Å². The highest BCUT2D eigenvalue weighted by Gasteiger charge is 2.33. The summed E-state index contributed by atoms with van der Waals surface area (Å²) in [4.78, 5) is 39.1. The first kappa shape index (κ1) is 25.6. The number of nitrogens with zero attached hydrogens (tertiary/aromatic N) is 5. The Morgan fingerprint density at radius 2 is 1.88 bits per heavy atom. The molecule has 10 heteroatoms. The number of carbonyl (C=O) groups is 2. The molecule has 2 aromatic heterocycles. The summed E-state index contributed by atoms with van der Waals surface area (Å²) in [7, 11) is 0. The van der Waals surface area contributed by atoms with Gasteiger partial charge in [0.15, 0.2) is 5.65 Å². The van der Waals surface area contributed by atoms with Crippen LogP contribution in [0.1, 0.15) is 65.5 Å². The number of benzene rings is 2. The third-order valence-corrected chi connectivity index (χ3v) is 8.45. The van der Waals surface area contributed by atoms with Gasteiger partial charge >= 0.3 is 6.03 Å². The molecule has 4 heterocycles. The van der Waals surface area contributed by atoms with Crippen molar-refractivity contribution >= 4 is 23.3 Å². The number of nitrogens with one attached hydrogen (secondary N) is 1. The second-order valence-electron chi connectivity index (χ2n) is 11.3. The van der Waals surface area contributed by atoms with E-state index in [0.717, 1.165) is 30.5 Å². The molecule has 2 fully saturated rings. The summed E-state index contributed by atoms with van der Waals surface area (Å²) in [6, 6.07) is 12.3. The van der Waals surface area contributed by atoms with E-state index in [2.05, 4.69) is 24.4 Å². The van der Waals surface area contributed by atoms with E-state index in [0.29, 0.717) is 47.8 Å². The highest BCUT2D eigenvalue weighted by atomic mass is 19.1. The van der Waals surface area contributed by atoms with Crippen LogP contribution in [0.15, 0.2) is 54.9 Å². The van der Waals surface area contributed by atoms with Crippen LogP contribution in [-0.2, 0) is 6.42 Å². The average molecular weight is 555 g/mol. The molecule has 0 spiro atoms. The maximum Gasteiger partial charge on any atom is 0.321 e. The van der Waals surface area contributed by atoms with Crippen molar-refractivity contribution in [3.63, 3.8) is 0 Å². The Morgan fingerprint density at radius 3 is 2.63 bits per heavy atom. The van der Waals surface area contributed by atoms with E-state index >= 15 is 4.39 Å². The average Bonchev–Trinajstić information content (AvgIpc) is 3.58. The van der Waals surface area contributed by atoms with Gasteiger partial charge in [-0.2, -0.15) is 0 Å². The topological polar surface area (TPSA) is 103 Å². The van der Waals surface area contributed by atoms with Gasteiger partial charge in [0.1, 0.15) is 11.5 Å². The lowest BCUT2D eigenvalue weighted by atomic mass is 9.93. The van der Waals surface area contributed by atoms with E-state index in [1.165, 1.54) is 16.5 Å². The molecule has 1 saturated carbocycles. The van der Waals surface area contributed by atoms with Gasteiger partial charge in [0.25, 0.3) is 5.91 Å². The number of aromatic nitrogens is 3. The van der Waals surface area contributed by atoms with Crippen LogP contribution < -0.4 is 5.32 Å². The van der Waals surface area contributed by atoms with E-state index in [-0.39, 0.29) is 30.4 Å². The van der Waals surface area contributed by atoms with Crippen molar-refractivity contribution in [3.05, 3.63) is 83.2 Å². The predicted molar refractivity (Wildman–Crippen MR) is 151 cm³/mol. The molecule has 1 saturated heterocycles. The van der Waals surface area contributed by atoms with E-state index in [1.807, 2.05) is 17.0 Å². The Balaban J connectivity index is 1.17. The van der Waals surface area contributed by atoms with Gasteiger partial charge in [-0.15, -0.1) is 0 Å². The fourth-order valence-electron chi connectivity index (χ4n) is 6.01. The summed E-state index contributed by atoms with van der Waals surface area (Å²) in [5.41, 5.74) is 5.23. The maximum atomic E-state index is 15.3. The van der Waals surface area contributed by atoms with Gasteiger partial charge in [-0.05, 0) is 61.9 Å². The summed E-state index contributed by atoms with van der Waals surface area (Å²) >= 11 is 0. The number of halogens is 1. The molecule has 4 aromatic rings. The quantitative estimate of drug-likeness (QED) is 0.378. The van der Waals surface area contributed by atoms with E-state index in [4.69, 9.17) is 9.97 Å². The zero-order chi connectivity index (χ0) is 28.2. The number of anilines is 1. The standard InChI is InChI=1S/C31H31FN6O3/c1-18-23-5-3-2-4-19(23)10-13-38(18)30(40)27-17-37-16-26(35-29(37)28(34-27)20-6-7-20)24-9-8-21(14-25(24)32)33-31(41)36-12-11-22(39)15-36/h2-5,8-9,14,16-18,20,22,39H,6-7,10-13,15H2,1H3,(H,33,41)/t18-,22?/m1/s1. The van der Waals surface area contributed by atoms with Gasteiger partial charge in [-0.1, -0.05) is 24.3 Å². The molecule has 210 valence electrons. The number of rotatable bonds is 4. The fourth-order valence-corrected chi connectivity index (χ4v) is 6.01. The van der Waals surface area contributed by atoms with Crippen molar-refractivity contribution in [1.29, 1.82) is 0 Å². The minimum absolute atomic E-state index is 0.0590. The van der Waals surface area contributed by atoms with Crippen LogP contribution in [0.2, 0.25) is 0 Å². The Hall–Kier alpha value is -4.31. The van der Waals surface area contributed by atoms with Gasteiger partial charge in [0.2, 0.25) is 0 Å². The molecule has 3 aliphatic rings. The highest BCUT2D eigenvalue weighted by molar-refractivity contribution is 5.93. The number of likely N-dealkylation sites (tertiary alicyclic amines) is 1. The predicted octanol–water partition coefficient (Wildman–Crippen LogP) is 4.77. The molecule has 7 rings (SSSR count). The number of fused-ring (bicyclic) bond motifs is 2. The van der Waals surface area contributed by atoms with E-state index in [1.54, 1.807) is 28.9 Å². The lowest BCUT2D eigenvalue weighted by Crippen LogP contribution is -2.39. The maximum absolute atomic E-state index is 15.3. The number of β-amino-alcohol motifs (C(OH)–C–C–N with tert-alkyl or cyclic N) is 1. The summed E-state index contributed by atoms with van der Waals surface area (Å²) in [6.45, 7) is 3.39. The first-order chi connectivity index (χ1) is 19.9. The summed E-state index contributed by atoms with van der Waals surface area (Å²) in [5.74, 6) is -0.417. The van der Waals surface area contributed by atoms with Crippen LogP contribution in [0.25, 0.3) is 16.9 Å². The van der Waals surface area contributed by atoms with Gasteiger partial charge in [-0.3, -0.25) is 4.79 Å². The molecule has 2 aromatic carbocycles. The van der Waals surface area contributed by atoms with E-state index in [9.17, 15) is 14.7 Å². The monoisotopic (exact) mass is 554 g/mol. The minimum atomic E-state index is -0.527. The van der Waals surface area contributed by atoms with Crippen LogP contribution in [-0.4, -0.2) is 67.0 Å². The number of imidazole rings is 1. The number of aliphatic hydroxyl groups is 1. The number of hydrogen-bond donors (Lipinski definition) is 2. The molecule has 9 nitrogen and oxygen atoms in total. The molecule has 1 aliphatic carbocycles. The van der Waals surface area contributed by atoms with Crippen molar-refractivity contribution < 1.29 is 19.1 Å². The first-order valence-electron chi connectivity index (χ1n) is 14.2. The third kappa shape index (κ3) is 4.72. The van der Waals surface area contributed by atoms with Gasteiger partial charge in [-0.25, -0.2) is 19.2 Å². The SMILES string of the molecule is C[C@@H]1c2ccccc2CCN1C(=O)c1cn2cc(-c3ccc(NC(=O)N4CCC(O)C4)cc3F)nc2c(C2CC2)n1. The van der Waals surface area contributed by atoms with Crippen LogP contribution in [0.5, 0.6) is 0 Å². The number of hydrogen-bond acceptors (Lipinski definition) is 5. The van der Waals surface area contributed by atoms with Gasteiger partial charge < -0.3 is 24.6 Å². The summed E-state index contributed by atoms with van der Waals surface area (Å²) in [6.07, 6.45) is 6.20. The second-order valence-corrected chi connectivity index (χ2v) is 11.3. The second kappa shape index (κ2) is 9.95. The third-order valence-electron chi connectivity index (χ3n) is 8.45. The van der Waals surface area contributed by atoms with Crippen molar-refractivity contribution in [2.75, 3.05) is 25.0 Å². The normalized spacial score (nSPS) is 20.4. The van der Waals surface area contributed by atoms with Crippen LogP contribution in [0, 0.1) is 5.82 Å². The summed E-state index contributed by atoms with van der Waals surface area (Å²) < 4.78 is 17.1. The van der Waals surface area contributed by atoms with Crippen molar-refractivity contribution in [2.45, 2.75) is 50.7 Å². The Morgan fingerprint density at radius 1 is 1.05 bits per heavy atom. The van der Waals surface area contributed by atoms with Crippen molar-refractivity contribution in [2.24, 2.45) is 0 Å². The lowest BCUT2D eigenvalue weighted by Gasteiger charge is -2.35. The molecule has 0 radical (unpaired) electrons. The molecule has 2 aliphatic heterocycles. The van der Waals surface area contributed by atoms with E-state index < -0.39 is 11.9 Å². The molecular formula is C31H31FN6O3. The first-order valence-corrected chi connectivity index (χ1v) is 14.2. The molecule has 2 N–H and O–H groups in total. The molecule has 3 amide bonds. The number of carbonyl (C=O) groups excluding carboxylic acids is 2. The summed E-state index contributed by atoms with van der Waals surface area (Å²) in [5, 5.41) is 12.4. The molecule has 1 unspecified atom stereocenters. The van der Waals surface area contributed by atoms with Crippen LogP contribution >= 0.6 is 0 Å². The molecule has 2 atom stereocenters. The van der Waals surface area contributed by atoms with Crippen LogP contribution in [0.4, 0.5) is 14.9 Å². The fraction of sp³-hybridized carbons (Fsp3) is 0.355. The van der Waals surface area contributed by atoms with Crippen LogP contribution in [0.3, 0.4) is 0 Å². The largest absolute Gasteiger partial charge is 0.391 e. The lowest BCUT2D eigenvalue weighted by molar-refractivity contribution is 0.0670. The minimum Gasteiger partial charge on any atom is -0.391 e. The Labute approximate surface area is 236 Å². The zero-order valence-corrected chi connectivity index (χ0v) is 22.8. The molecular weight excluding hydrogens is 523 g/mol. The number of amides is 3. The van der Waals surface area contributed by atoms with Crippen molar-refractivity contribution in [1.82, 2.24) is 24.2 Å². The molecule has 41 heavy (non-hydrogen) atoms. The van der Waals surface area contributed by atoms with Crippen molar-refractivity contribution in [3.8, 4) is 11.3 Å². The highest BCUT2D eigenvalue weighted by Crippen LogP contribution is 2.41.